The Hall–Kier alpha value is -0.535. The predicted molar refractivity (Wildman–Crippen MR) is 74.2 cm³/mol. The largest absolute Gasteiger partial charge is 0.198 e. The van der Waals surface area contributed by atoms with Gasteiger partial charge in [0.25, 0.3) is 0 Å². The number of nitriles is 1. The Morgan fingerprint density at radius 1 is 1.31 bits per heavy atom. The number of hydrogen-bond donors (Lipinski definition) is 0. The van der Waals surface area contributed by atoms with Crippen LogP contribution in [-0.2, 0) is 0 Å². The Morgan fingerprint density at radius 2 is 1.81 bits per heavy atom. The predicted octanol–water partition coefficient (Wildman–Crippen LogP) is 3.68. The van der Waals surface area contributed by atoms with Gasteiger partial charge in [0.2, 0.25) is 0 Å². The summed E-state index contributed by atoms with van der Waals surface area (Å²) in [6, 6.07) is 2.34. The van der Waals surface area contributed by atoms with Gasteiger partial charge in [-0.15, -0.1) is 0 Å². The summed E-state index contributed by atoms with van der Waals surface area (Å²) in [5.41, 5.74) is 0. The van der Waals surface area contributed by atoms with Gasteiger partial charge in [-0.25, -0.2) is 0 Å². The number of allylic oxidation sites excluding steroid dienone is 4. The van der Waals surface area contributed by atoms with Crippen LogP contribution in [0.3, 0.4) is 0 Å². The lowest BCUT2D eigenvalue weighted by molar-refractivity contribution is 0.744. The molecule has 85 valence electrons. The molecule has 0 saturated carbocycles. The molecule has 0 bridgehead atoms. The van der Waals surface area contributed by atoms with E-state index in [9.17, 15) is 0 Å². The molecule has 0 saturated heterocycles. The highest BCUT2D eigenvalue weighted by Crippen LogP contribution is 2.60. The Bertz CT molecular complexity index is 308. The Labute approximate surface area is 103 Å². The van der Waals surface area contributed by atoms with Crippen molar-refractivity contribution in [2.24, 2.45) is 0 Å². The monoisotopic (exact) mass is 232 g/mol. The molecule has 0 aromatic heterocycles. The number of rotatable bonds is 2. The summed E-state index contributed by atoms with van der Waals surface area (Å²) in [5.74, 6) is 0. The van der Waals surface area contributed by atoms with E-state index in [4.69, 9.17) is 5.26 Å². The number of nitrogens with zero attached hydrogens (tertiary/aromatic N) is 1. The molecule has 1 aliphatic rings. The SMILES string of the molecule is CP(C(C)(C)C)C1(CC#N)C=CCC=C1.[B]. The van der Waals surface area contributed by atoms with Gasteiger partial charge in [0.15, 0.2) is 0 Å². The maximum atomic E-state index is 8.99. The van der Waals surface area contributed by atoms with Crippen molar-refractivity contribution in [3.05, 3.63) is 24.3 Å². The van der Waals surface area contributed by atoms with Crippen LogP contribution >= 0.6 is 7.92 Å². The normalized spacial score (nSPS) is 19.7. The van der Waals surface area contributed by atoms with Crippen LogP contribution in [0.1, 0.15) is 33.6 Å². The maximum absolute atomic E-state index is 8.99. The fourth-order valence-corrected chi connectivity index (χ4v) is 4.10. The van der Waals surface area contributed by atoms with Gasteiger partial charge in [-0.1, -0.05) is 53.0 Å². The Kier molecular flexibility index (Phi) is 5.50. The second-order valence-electron chi connectivity index (χ2n) is 5.10. The average Bonchev–Trinajstić information content (AvgIpc) is 2.17. The smallest absolute Gasteiger partial charge is 0.0638 e. The molecule has 0 fully saturated rings. The zero-order chi connectivity index (χ0) is 11.5. The third kappa shape index (κ3) is 3.23. The summed E-state index contributed by atoms with van der Waals surface area (Å²) in [6.07, 6.45) is 10.5. The summed E-state index contributed by atoms with van der Waals surface area (Å²) < 4.78 is 0. The summed E-state index contributed by atoms with van der Waals surface area (Å²) >= 11 is 0. The second kappa shape index (κ2) is 5.69. The van der Waals surface area contributed by atoms with Gasteiger partial charge in [0.05, 0.1) is 12.5 Å². The number of hydrogen-bond acceptors (Lipinski definition) is 1. The summed E-state index contributed by atoms with van der Waals surface area (Å²) in [6.45, 7) is 9.13. The van der Waals surface area contributed by atoms with E-state index in [1.54, 1.807) is 0 Å². The summed E-state index contributed by atoms with van der Waals surface area (Å²) in [4.78, 5) is 0. The van der Waals surface area contributed by atoms with Crippen LogP contribution in [0.15, 0.2) is 24.3 Å². The first kappa shape index (κ1) is 15.5. The van der Waals surface area contributed by atoms with Crippen LogP contribution in [0.4, 0.5) is 0 Å². The molecule has 1 atom stereocenters. The van der Waals surface area contributed by atoms with E-state index in [-0.39, 0.29) is 26.6 Å². The average molecular weight is 232 g/mol. The molecule has 1 rings (SSSR count). The molecular weight excluding hydrogens is 212 g/mol. The van der Waals surface area contributed by atoms with Crippen molar-refractivity contribution < 1.29 is 0 Å². The van der Waals surface area contributed by atoms with E-state index in [1.165, 1.54) is 0 Å². The summed E-state index contributed by atoms with van der Waals surface area (Å²) in [7, 11) is -0.226. The minimum atomic E-state index is -0.226. The minimum Gasteiger partial charge on any atom is -0.198 e. The Balaban J connectivity index is 0.00000225. The van der Waals surface area contributed by atoms with Crippen molar-refractivity contribution in [2.75, 3.05) is 6.66 Å². The molecule has 3 radical (unpaired) electrons. The lowest BCUT2D eigenvalue weighted by Gasteiger charge is -2.42. The zero-order valence-corrected chi connectivity index (χ0v) is 11.6. The van der Waals surface area contributed by atoms with Gasteiger partial charge in [-0.3, -0.25) is 0 Å². The van der Waals surface area contributed by atoms with Crippen LogP contribution < -0.4 is 0 Å². The first-order valence-electron chi connectivity index (χ1n) is 5.39. The van der Waals surface area contributed by atoms with Gasteiger partial charge >= 0.3 is 0 Å². The highest BCUT2D eigenvalue weighted by molar-refractivity contribution is 7.60. The minimum absolute atomic E-state index is 0. The molecule has 0 aromatic carbocycles. The van der Waals surface area contributed by atoms with Crippen molar-refractivity contribution in [2.45, 2.75) is 43.9 Å². The van der Waals surface area contributed by atoms with E-state index in [1.807, 2.05) is 0 Å². The molecule has 0 aromatic rings. The van der Waals surface area contributed by atoms with Crippen LogP contribution in [0, 0.1) is 11.3 Å². The molecule has 1 aliphatic carbocycles. The highest BCUT2D eigenvalue weighted by Gasteiger charge is 2.38. The fourth-order valence-electron chi connectivity index (χ4n) is 1.89. The van der Waals surface area contributed by atoms with Crippen molar-refractivity contribution in [1.82, 2.24) is 0 Å². The molecule has 0 N–H and O–H groups in total. The third-order valence-electron chi connectivity index (χ3n) is 3.08. The van der Waals surface area contributed by atoms with Crippen molar-refractivity contribution >= 4 is 16.3 Å². The van der Waals surface area contributed by atoms with Crippen LogP contribution in [0.5, 0.6) is 0 Å². The van der Waals surface area contributed by atoms with E-state index in [0.717, 1.165) is 6.42 Å². The van der Waals surface area contributed by atoms with Crippen molar-refractivity contribution in [3.8, 4) is 6.07 Å². The second-order valence-corrected chi connectivity index (χ2v) is 8.39. The topological polar surface area (TPSA) is 23.8 Å². The molecule has 0 spiro atoms. The third-order valence-corrected chi connectivity index (χ3v) is 6.80. The van der Waals surface area contributed by atoms with Crippen LogP contribution in [0.25, 0.3) is 0 Å². The van der Waals surface area contributed by atoms with Gasteiger partial charge in [-0.05, 0) is 18.2 Å². The molecular formula is C13H20BNP. The molecule has 1 nitrogen and oxygen atoms in total. The van der Waals surface area contributed by atoms with Gasteiger partial charge in [0, 0.05) is 13.6 Å². The Morgan fingerprint density at radius 3 is 2.19 bits per heavy atom. The van der Waals surface area contributed by atoms with Gasteiger partial charge < -0.3 is 0 Å². The maximum Gasteiger partial charge on any atom is 0.0638 e. The van der Waals surface area contributed by atoms with Crippen molar-refractivity contribution in [1.29, 1.82) is 5.26 Å². The molecule has 0 heterocycles. The van der Waals surface area contributed by atoms with Gasteiger partial charge in [0.1, 0.15) is 0 Å². The molecule has 3 heteroatoms. The first-order valence-corrected chi connectivity index (χ1v) is 7.17. The molecule has 16 heavy (non-hydrogen) atoms. The molecule has 1 unspecified atom stereocenters. The lowest BCUT2D eigenvalue weighted by Crippen LogP contribution is -2.30. The lowest BCUT2D eigenvalue weighted by atomic mass is 9.99. The van der Waals surface area contributed by atoms with E-state index in [0.29, 0.717) is 6.42 Å². The fraction of sp³-hybridized carbons (Fsp3) is 0.615. The summed E-state index contributed by atoms with van der Waals surface area (Å²) in [5, 5.41) is 9.30. The van der Waals surface area contributed by atoms with Gasteiger partial charge in [-0.2, -0.15) is 5.26 Å². The highest BCUT2D eigenvalue weighted by atomic mass is 31.1. The zero-order valence-electron chi connectivity index (χ0n) is 10.7. The van der Waals surface area contributed by atoms with E-state index >= 15 is 0 Å². The first-order chi connectivity index (χ1) is 6.92. The molecule has 0 aliphatic heterocycles. The van der Waals surface area contributed by atoms with Crippen molar-refractivity contribution in [3.63, 3.8) is 0 Å². The molecule has 0 amide bonds. The standard InChI is InChI=1S/C13H20NP.B/c1-12(2,3)15(4)13(10-11-14)8-6-5-7-9-13;/h6-9H,5,10H2,1-4H3;. The van der Waals surface area contributed by atoms with E-state index < -0.39 is 0 Å². The van der Waals surface area contributed by atoms with Crippen LogP contribution in [-0.4, -0.2) is 25.4 Å². The van der Waals surface area contributed by atoms with E-state index in [2.05, 4.69) is 57.8 Å². The quantitative estimate of drug-likeness (QED) is 0.404. The van der Waals surface area contributed by atoms with Crippen LogP contribution in [0.2, 0.25) is 0 Å².